The van der Waals surface area contributed by atoms with Crippen molar-refractivity contribution in [2.24, 2.45) is 0 Å². The van der Waals surface area contributed by atoms with Crippen LogP contribution in [0.3, 0.4) is 0 Å². The number of anilines is 1. The molecule has 1 aromatic rings. The number of hydrogen-bond donors (Lipinski definition) is 2. The zero-order valence-electron chi connectivity index (χ0n) is 11.4. The summed E-state index contributed by atoms with van der Waals surface area (Å²) in [5.74, 6) is 1.31. The summed E-state index contributed by atoms with van der Waals surface area (Å²) in [6.45, 7) is 8.89. The van der Waals surface area contributed by atoms with Gasteiger partial charge in [-0.2, -0.15) is 4.98 Å². The molecule has 0 amide bonds. The topological polar surface area (TPSA) is 59.1 Å². The molecule has 0 aromatic carbocycles. The van der Waals surface area contributed by atoms with Gasteiger partial charge in [-0.25, -0.2) is 4.98 Å². The molecule has 0 spiro atoms. The summed E-state index contributed by atoms with van der Waals surface area (Å²) < 4.78 is 5.57. The fourth-order valence-corrected chi connectivity index (χ4v) is 2.07. The predicted molar refractivity (Wildman–Crippen MR) is 72.1 cm³/mol. The first-order chi connectivity index (χ1) is 8.61. The van der Waals surface area contributed by atoms with Crippen molar-refractivity contribution >= 4 is 5.95 Å². The number of rotatable bonds is 5. The van der Waals surface area contributed by atoms with Crippen molar-refractivity contribution in [2.75, 3.05) is 25.0 Å². The van der Waals surface area contributed by atoms with E-state index >= 15 is 0 Å². The first-order valence-electron chi connectivity index (χ1n) is 6.59. The van der Waals surface area contributed by atoms with Crippen LogP contribution < -0.4 is 15.4 Å². The van der Waals surface area contributed by atoms with Gasteiger partial charge >= 0.3 is 0 Å². The Labute approximate surface area is 108 Å². The molecule has 1 aliphatic rings. The minimum Gasteiger partial charge on any atom is -0.478 e. The highest BCUT2D eigenvalue weighted by Crippen LogP contribution is 2.20. The van der Waals surface area contributed by atoms with Crippen LogP contribution in [0.15, 0.2) is 6.07 Å². The van der Waals surface area contributed by atoms with Gasteiger partial charge in [0.1, 0.15) is 0 Å². The lowest BCUT2D eigenvalue weighted by Crippen LogP contribution is -2.37. The average Bonchev–Trinajstić information content (AvgIpc) is 2.72. The quantitative estimate of drug-likeness (QED) is 0.833. The second kappa shape index (κ2) is 5.52. The third-order valence-corrected chi connectivity index (χ3v) is 3.07. The lowest BCUT2D eigenvalue weighted by atomic mass is 10.0. The molecule has 18 heavy (non-hydrogen) atoms. The van der Waals surface area contributed by atoms with Crippen LogP contribution in [0.5, 0.6) is 5.88 Å². The second-order valence-corrected chi connectivity index (χ2v) is 5.13. The average molecular weight is 250 g/mol. The second-order valence-electron chi connectivity index (χ2n) is 5.13. The molecular weight excluding hydrogens is 228 g/mol. The van der Waals surface area contributed by atoms with Crippen molar-refractivity contribution in [2.45, 2.75) is 39.2 Å². The number of aryl methyl sites for hydroxylation is 1. The van der Waals surface area contributed by atoms with Crippen molar-refractivity contribution in [1.82, 2.24) is 15.3 Å². The van der Waals surface area contributed by atoms with Crippen molar-refractivity contribution in [3.63, 3.8) is 0 Å². The van der Waals surface area contributed by atoms with Crippen LogP contribution in [0.1, 0.15) is 32.4 Å². The summed E-state index contributed by atoms with van der Waals surface area (Å²) in [7, 11) is 0. The third-order valence-electron chi connectivity index (χ3n) is 3.07. The van der Waals surface area contributed by atoms with Crippen molar-refractivity contribution in [1.29, 1.82) is 0 Å². The Kier molecular flexibility index (Phi) is 4.01. The summed E-state index contributed by atoms with van der Waals surface area (Å²) in [5.41, 5.74) is 0.962. The molecule has 2 rings (SSSR count). The molecule has 5 nitrogen and oxygen atoms in total. The fourth-order valence-electron chi connectivity index (χ4n) is 2.07. The molecule has 2 N–H and O–H groups in total. The standard InChI is InChI=1S/C13H22N4O/c1-4-7-18-11-8-10(2)15-12(16-11)17-13(3)5-6-14-9-13/h8,14H,4-7,9H2,1-3H3,(H,15,16,17). The largest absolute Gasteiger partial charge is 0.478 e. The van der Waals surface area contributed by atoms with Gasteiger partial charge in [-0.1, -0.05) is 6.92 Å². The van der Waals surface area contributed by atoms with Crippen LogP contribution in [0.4, 0.5) is 5.95 Å². The van der Waals surface area contributed by atoms with Gasteiger partial charge in [-0.3, -0.25) is 0 Å². The Morgan fingerprint density at radius 3 is 3.00 bits per heavy atom. The van der Waals surface area contributed by atoms with E-state index in [4.69, 9.17) is 4.74 Å². The van der Waals surface area contributed by atoms with E-state index in [-0.39, 0.29) is 5.54 Å². The Hall–Kier alpha value is -1.36. The van der Waals surface area contributed by atoms with Gasteiger partial charge in [0.15, 0.2) is 0 Å². The first-order valence-corrected chi connectivity index (χ1v) is 6.59. The third kappa shape index (κ3) is 3.32. The van der Waals surface area contributed by atoms with Gasteiger partial charge in [0, 0.05) is 18.3 Å². The van der Waals surface area contributed by atoms with Crippen LogP contribution >= 0.6 is 0 Å². The molecule has 1 atom stereocenters. The highest BCUT2D eigenvalue weighted by Gasteiger charge is 2.29. The maximum Gasteiger partial charge on any atom is 0.226 e. The molecule has 2 heterocycles. The Morgan fingerprint density at radius 1 is 1.50 bits per heavy atom. The molecule has 1 aromatic heterocycles. The number of hydrogen-bond acceptors (Lipinski definition) is 5. The molecule has 1 unspecified atom stereocenters. The Morgan fingerprint density at radius 2 is 2.33 bits per heavy atom. The van der Waals surface area contributed by atoms with Gasteiger partial charge in [0.05, 0.1) is 12.1 Å². The smallest absolute Gasteiger partial charge is 0.226 e. The molecule has 5 heteroatoms. The Balaban J connectivity index is 2.09. The number of nitrogens with zero attached hydrogens (tertiary/aromatic N) is 2. The van der Waals surface area contributed by atoms with Crippen LogP contribution in [0, 0.1) is 6.92 Å². The lowest BCUT2D eigenvalue weighted by Gasteiger charge is -2.24. The van der Waals surface area contributed by atoms with Gasteiger partial charge in [0.2, 0.25) is 11.8 Å². The minimum absolute atomic E-state index is 0.0375. The van der Waals surface area contributed by atoms with E-state index in [1.807, 2.05) is 13.0 Å². The Bertz CT molecular complexity index is 402. The lowest BCUT2D eigenvalue weighted by molar-refractivity contribution is 0.304. The molecule has 1 saturated heterocycles. The van der Waals surface area contributed by atoms with Crippen molar-refractivity contribution in [3.05, 3.63) is 11.8 Å². The van der Waals surface area contributed by atoms with Crippen LogP contribution in [-0.4, -0.2) is 35.2 Å². The number of ether oxygens (including phenoxy) is 1. The maximum atomic E-state index is 5.57. The zero-order chi connectivity index (χ0) is 13.0. The molecule has 1 aliphatic heterocycles. The molecular formula is C13H22N4O. The van der Waals surface area contributed by atoms with Gasteiger partial charge in [0.25, 0.3) is 0 Å². The summed E-state index contributed by atoms with van der Waals surface area (Å²) in [4.78, 5) is 8.83. The van der Waals surface area contributed by atoms with E-state index in [0.29, 0.717) is 18.4 Å². The molecule has 0 aliphatic carbocycles. The predicted octanol–water partition coefficient (Wildman–Crippen LogP) is 1.74. The summed E-state index contributed by atoms with van der Waals surface area (Å²) >= 11 is 0. The van der Waals surface area contributed by atoms with Gasteiger partial charge in [-0.15, -0.1) is 0 Å². The molecule has 100 valence electrons. The summed E-state index contributed by atoms with van der Waals surface area (Å²) in [6.07, 6.45) is 2.06. The number of nitrogens with one attached hydrogen (secondary N) is 2. The minimum atomic E-state index is 0.0375. The molecule has 0 bridgehead atoms. The van der Waals surface area contributed by atoms with E-state index in [9.17, 15) is 0 Å². The van der Waals surface area contributed by atoms with Crippen LogP contribution in [0.25, 0.3) is 0 Å². The van der Waals surface area contributed by atoms with Gasteiger partial charge in [-0.05, 0) is 33.2 Å². The molecule has 1 fully saturated rings. The van der Waals surface area contributed by atoms with Crippen molar-refractivity contribution in [3.8, 4) is 5.88 Å². The number of aromatic nitrogens is 2. The van der Waals surface area contributed by atoms with Gasteiger partial charge < -0.3 is 15.4 Å². The molecule has 0 saturated carbocycles. The van der Waals surface area contributed by atoms with Crippen LogP contribution in [-0.2, 0) is 0 Å². The van der Waals surface area contributed by atoms with E-state index in [1.165, 1.54) is 0 Å². The SMILES string of the molecule is CCCOc1cc(C)nc(NC2(C)CCNC2)n1. The van der Waals surface area contributed by atoms with E-state index in [2.05, 4.69) is 34.4 Å². The van der Waals surface area contributed by atoms with Crippen molar-refractivity contribution < 1.29 is 4.74 Å². The molecule has 0 radical (unpaired) electrons. The maximum absolute atomic E-state index is 5.57. The van der Waals surface area contributed by atoms with Crippen LogP contribution in [0.2, 0.25) is 0 Å². The van der Waals surface area contributed by atoms with E-state index < -0.39 is 0 Å². The highest BCUT2D eigenvalue weighted by atomic mass is 16.5. The summed E-state index contributed by atoms with van der Waals surface area (Å²) in [5, 5.41) is 6.76. The fraction of sp³-hybridized carbons (Fsp3) is 0.692. The zero-order valence-corrected chi connectivity index (χ0v) is 11.4. The first kappa shape index (κ1) is 13.1. The summed E-state index contributed by atoms with van der Waals surface area (Å²) in [6, 6.07) is 1.87. The van der Waals surface area contributed by atoms with E-state index in [0.717, 1.165) is 31.6 Å². The normalized spacial score (nSPS) is 23.1. The highest BCUT2D eigenvalue weighted by molar-refractivity contribution is 5.34. The van der Waals surface area contributed by atoms with E-state index in [1.54, 1.807) is 0 Å². The monoisotopic (exact) mass is 250 g/mol.